The Kier molecular flexibility index (Phi) is 4.36. The molecule has 0 radical (unpaired) electrons. The summed E-state index contributed by atoms with van der Waals surface area (Å²) in [6.07, 6.45) is 2.88. The predicted octanol–water partition coefficient (Wildman–Crippen LogP) is 3.59. The van der Waals surface area contributed by atoms with Gasteiger partial charge in [0.05, 0.1) is 0 Å². The van der Waals surface area contributed by atoms with Crippen molar-refractivity contribution in [3.05, 3.63) is 46.5 Å². The monoisotopic (exact) mass is 253 g/mol. The van der Waals surface area contributed by atoms with Crippen LogP contribution in [0, 0.1) is 6.92 Å². The number of halogens is 1. The van der Waals surface area contributed by atoms with Crippen molar-refractivity contribution in [3.63, 3.8) is 0 Å². The van der Waals surface area contributed by atoms with E-state index in [0.29, 0.717) is 6.04 Å². The Morgan fingerprint density at radius 1 is 1.57 bits per heavy atom. The molecule has 0 saturated heterocycles. The first-order chi connectivity index (χ1) is 6.69. The number of rotatable bonds is 4. The molecular formula is C12H16BrN. The minimum absolute atomic E-state index is 0.350. The lowest BCUT2D eigenvalue weighted by molar-refractivity contribution is 0.601. The third-order valence-electron chi connectivity index (χ3n) is 2.28. The van der Waals surface area contributed by atoms with Crippen LogP contribution in [0.25, 0.3) is 0 Å². The fraction of sp³-hybridized carbons (Fsp3) is 0.333. The maximum atomic E-state index is 3.77. The lowest BCUT2D eigenvalue weighted by Gasteiger charge is -2.16. The Balaban J connectivity index is 2.97. The van der Waals surface area contributed by atoms with Crippen molar-refractivity contribution in [2.75, 3.05) is 7.05 Å². The van der Waals surface area contributed by atoms with Crippen LogP contribution in [0.5, 0.6) is 0 Å². The largest absolute Gasteiger partial charge is 0.313 e. The summed E-state index contributed by atoms with van der Waals surface area (Å²) in [5.41, 5.74) is 2.56. The van der Waals surface area contributed by atoms with Crippen LogP contribution in [0.4, 0.5) is 0 Å². The van der Waals surface area contributed by atoms with Gasteiger partial charge in [0.25, 0.3) is 0 Å². The molecule has 0 bridgehead atoms. The quantitative estimate of drug-likeness (QED) is 0.809. The number of hydrogen-bond donors (Lipinski definition) is 1. The van der Waals surface area contributed by atoms with Crippen LogP contribution < -0.4 is 5.32 Å². The summed E-state index contributed by atoms with van der Waals surface area (Å²) in [6.45, 7) is 5.86. The normalized spacial score (nSPS) is 12.5. The molecule has 0 amide bonds. The first-order valence-corrected chi connectivity index (χ1v) is 5.52. The first-order valence-electron chi connectivity index (χ1n) is 4.73. The third-order valence-corrected chi connectivity index (χ3v) is 2.97. The zero-order chi connectivity index (χ0) is 10.6. The van der Waals surface area contributed by atoms with Crippen molar-refractivity contribution < 1.29 is 0 Å². The first kappa shape index (κ1) is 11.5. The summed E-state index contributed by atoms with van der Waals surface area (Å²) in [5, 5.41) is 3.28. The molecule has 0 aromatic heterocycles. The highest BCUT2D eigenvalue weighted by Gasteiger charge is 2.10. The summed E-state index contributed by atoms with van der Waals surface area (Å²) in [7, 11) is 1.97. The van der Waals surface area contributed by atoms with E-state index in [-0.39, 0.29) is 0 Å². The van der Waals surface area contributed by atoms with Gasteiger partial charge in [-0.05, 0) is 37.6 Å². The van der Waals surface area contributed by atoms with Gasteiger partial charge in [-0.1, -0.05) is 34.1 Å². The second kappa shape index (κ2) is 5.32. The van der Waals surface area contributed by atoms with Crippen molar-refractivity contribution in [1.29, 1.82) is 0 Å². The molecule has 0 aliphatic carbocycles. The van der Waals surface area contributed by atoms with Crippen LogP contribution in [-0.2, 0) is 0 Å². The zero-order valence-electron chi connectivity index (χ0n) is 8.68. The molecule has 1 rings (SSSR count). The summed E-state index contributed by atoms with van der Waals surface area (Å²) in [6, 6.07) is 6.78. The summed E-state index contributed by atoms with van der Waals surface area (Å²) >= 11 is 3.58. The Morgan fingerprint density at radius 2 is 2.29 bits per heavy atom. The van der Waals surface area contributed by atoms with E-state index in [9.17, 15) is 0 Å². The molecule has 76 valence electrons. The van der Waals surface area contributed by atoms with E-state index in [1.807, 2.05) is 13.1 Å². The van der Waals surface area contributed by atoms with E-state index in [1.54, 1.807) is 0 Å². The second-order valence-electron chi connectivity index (χ2n) is 3.39. The van der Waals surface area contributed by atoms with Crippen LogP contribution in [0.1, 0.15) is 23.6 Å². The molecule has 0 aliphatic rings. The van der Waals surface area contributed by atoms with Crippen molar-refractivity contribution in [3.8, 4) is 0 Å². The SMILES string of the molecule is C=CCC(NC)c1ccc(C)cc1Br. The molecule has 0 spiro atoms. The summed E-state index contributed by atoms with van der Waals surface area (Å²) < 4.78 is 1.17. The third kappa shape index (κ3) is 2.69. The van der Waals surface area contributed by atoms with Gasteiger partial charge in [-0.25, -0.2) is 0 Å². The molecule has 0 fully saturated rings. The lowest BCUT2D eigenvalue weighted by atomic mass is 10.0. The fourth-order valence-electron chi connectivity index (χ4n) is 1.48. The zero-order valence-corrected chi connectivity index (χ0v) is 10.3. The minimum atomic E-state index is 0.350. The van der Waals surface area contributed by atoms with Crippen molar-refractivity contribution >= 4 is 15.9 Å². The highest BCUT2D eigenvalue weighted by Crippen LogP contribution is 2.26. The second-order valence-corrected chi connectivity index (χ2v) is 4.24. The highest BCUT2D eigenvalue weighted by molar-refractivity contribution is 9.10. The van der Waals surface area contributed by atoms with Crippen LogP contribution in [0.15, 0.2) is 35.3 Å². The van der Waals surface area contributed by atoms with Gasteiger partial charge in [-0.2, -0.15) is 0 Å². The summed E-state index contributed by atoms with van der Waals surface area (Å²) in [4.78, 5) is 0. The molecule has 1 unspecified atom stereocenters. The van der Waals surface area contributed by atoms with Crippen molar-refractivity contribution in [2.24, 2.45) is 0 Å². The minimum Gasteiger partial charge on any atom is -0.313 e. The molecule has 2 heteroatoms. The van der Waals surface area contributed by atoms with E-state index < -0.39 is 0 Å². The van der Waals surface area contributed by atoms with Gasteiger partial charge >= 0.3 is 0 Å². The Bertz CT molecular complexity index is 320. The number of benzene rings is 1. The molecule has 14 heavy (non-hydrogen) atoms. The Hall–Kier alpha value is -0.600. The van der Waals surface area contributed by atoms with E-state index in [0.717, 1.165) is 6.42 Å². The molecule has 0 aliphatic heterocycles. The molecule has 1 aromatic carbocycles. The van der Waals surface area contributed by atoms with E-state index in [1.165, 1.54) is 15.6 Å². The Morgan fingerprint density at radius 3 is 2.79 bits per heavy atom. The van der Waals surface area contributed by atoms with Gasteiger partial charge in [-0.15, -0.1) is 6.58 Å². The smallest absolute Gasteiger partial charge is 0.0363 e. The van der Waals surface area contributed by atoms with Crippen molar-refractivity contribution in [1.82, 2.24) is 5.32 Å². The van der Waals surface area contributed by atoms with Gasteiger partial charge in [-0.3, -0.25) is 0 Å². The molecule has 0 saturated carbocycles. The average Bonchev–Trinajstić information content (AvgIpc) is 2.15. The fourth-order valence-corrected chi connectivity index (χ4v) is 2.25. The molecular weight excluding hydrogens is 238 g/mol. The topological polar surface area (TPSA) is 12.0 Å². The van der Waals surface area contributed by atoms with E-state index in [4.69, 9.17) is 0 Å². The van der Waals surface area contributed by atoms with Gasteiger partial charge in [0.2, 0.25) is 0 Å². The lowest BCUT2D eigenvalue weighted by Crippen LogP contribution is -2.15. The van der Waals surface area contributed by atoms with Gasteiger partial charge in [0.1, 0.15) is 0 Å². The average molecular weight is 254 g/mol. The summed E-state index contributed by atoms with van der Waals surface area (Å²) in [5.74, 6) is 0. The van der Waals surface area contributed by atoms with Gasteiger partial charge < -0.3 is 5.32 Å². The predicted molar refractivity (Wildman–Crippen MR) is 65.5 cm³/mol. The van der Waals surface area contributed by atoms with Gasteiger partial charge in [0, 0.05) is 10.5 Å². The highest BCUT2D eigenvalue weighted by atomic mass is 79.9. The van der Waals surface area contributed by atoms with Crippen LogP contribution in [0.3, 0.4) is 0 Å². The maximum Gasteiger partial charge on any atom is 0.0363 e. The van der Waals surface area contributed by atoms with Gasteiger partial charge in [0.15, 0.2) is 0 Å². The molecule has 1 aromatic rings. The molecule has 0 heterocycles. The standard InChI is InChI=1S/C12H16BrN/c1-4-5-12(14-3)10-7-6-9(2)8-11(10)13/h4,6-8,12,14H,1,5H2,2-3H3. The van der Waals surface area contributed by atoms with Crippen LogP contribution in [-0.4, -0.2) is 7.05 Å². The van der Waals surface area contributed by atoms with Crippen LogP contribution in [0.2, 0.25) is 0 Å². The van der Waals surface area contributed by atoms with Crippen LogP contribution >= 0.6 is 15.9 Å². The molecule has 1 N–H and O–H groups in total. The molecule has 1 nitrogen and oxygen atoms in total. The maximum absolute atomic E-state index is 3.77. The number of nitrogens with one attached hydrogen (secondary N) is 1. The van der Waals surface area contributed by atoms with E-state index >= 15 is 0 Å². The number of hydrogen-bond acceptors (Lipinski definition) is 1. The van der Waals surface area contributed by atoms with Crippen molar-refractivity contribution in [2.45, 2.75) is 19.4 Å². The van der Waals surface area contributed by atoms with E-state index in [2.05, 4.69) is 52.9 Å². The Labute approximate surface area is 94.3 Å². The molecule has 1 atom stereocenters. The number of aryl methyl sites for hydroxylation is 1.